The van der Waals surface area contributed by atoms with Crippen LogP contribution in [0.25, 0.3) is 10.8 Å². The molecule has 0 fully saturated rings. The van der Waals surface area contributed by atoms with Crippen LogP contribution in [0.3, 0.4) is 0 Å². The molecule has 1 amide bonds. The van der Waals surface area contributed by atoms with Gasteiger partial charge in [-0.05, 0) is 42.8 Å². The van der Waals surface area contributed by atoms with Gasteiger partial charge in [-0.15, -0.1) is 0 Å². The van der Waals surface area contributed by atoms with Gasteiger partial charge >= 0.3 is 0 Å². The fraction of sp³-hybridized carbons (Fsp3) is 0.167. The second-order valence-corrected chi connectivity index (χ2v) is 7.13. The Hall–Kier alpha value is -4.00. The van der Waals surface area contributed by atoms with Gasteiger partial charge < -0.3 is 10.1 Å². The summed E-state index contributed by atoms with van der Waals surface area (Å²) in [6.45, 7) is 2.38. The lowest BCUT2D eigenvalue weighted by atomic mass is 10.1. The predicted molar refractivity (Wildman–Crippen MR) is 118 cm³/mol. The van der Waals surface area contributed by atoms with E-state index in [9.17, 15) is 9.59 Å². The number of nitrogens with one attached hydrogen (secondary N) is 1. The molecule has 2 aromatic carbocycles. The van der Waals surface area contributed by atoms with Crippen molar-refractivity contribution in [1.82, 2.24) is 20.1 Å². The molecule has 4 rings (SSSR count). The van der Waals surface area contributed by atoms with Crippen molar-refractivity contribution in [3.05, 3.63) is 100 Å². The van der Waals surface area contributed by atoms with Crippen LogP contribution >= 0.6 is 0 Å². The number of hydrogen-bond donors (Lipinski definition) is 1. The van der Waals surface area contributed by atoms with E-state index in [1.807, 2.05) is 61.5 Å². The molecule has 7 heteroatoms. The van der Waals surface area contributed by atoms with E-state index in [1.165, 1.54) is 4.68 Å². The van der Waals surface area contributed by atoms with Crippen molar-refractivity contribution < 1.29 is 9.53 Å². The molecular formula is C24H22N4O3. The molecule has 0 aliphatic rings. The minimum absolute atomic E-state index is 0.139. The Labute approximate surface area is 179 Å². The molecule has 0 bridgehead atoms. The second-order valence-electron chi connectivity index (χ2n) is 7.13. The van der Waals surface area contributed by atoms with E-state index >= 15 is 0 Å². The van der Waals surface area contributed by atoms with Gasteiger partial charge in [-0.25, -0.2) is 4.68 Å². The molecule has 0 saturated heterocycles. The summed E-state index contributed by atoms with van der Waals surface area (Å²) < 4.78 is 6.98. The summed E-state index contributed by atoms with van der Waals surface area (Å²) in [6.07, 6.45) is 1.72. The maximum atomic E-state index is 12.6. The number of ether oxygens (including phenoxy) is 1. The average Bonchev–Trinajstić information content (AvgIpc) is 2.81. The summed E-state index contributed by atoms with van der Waals surface area (Å²) in [5.74, 6) is 0.407. The van der Waals surface area contributed by atoms with Crippen LogP contribution in [0, 0.1) is 6.92 Å². The van der Waals surface area contributed by atoms with Gasteiger partial charge in [0.15, 0.2) is 0 Å². The average molecular weight is 414 g/mol. The lowest BCUT2D eigenvalue weighted by Crippen LogP contribution is -2.33. The molecule has 4 aromatic rings. The van der Waals surface area contributed by atoms with Gasteiger partial charge in [0.05, 0.1) is 16.8 Å². The maximum absolute atomic E-state index is 12.6. The van der Waals surface area contributed by atoms with Gasteiger partial charge in [0, 0.05) is 18.1 Å². The third kappa shape index (κ3) is 4.95. The van der Waals surface area contributed by atoms with Gasteiger partial charge in [0.1, 0.15) is 18.9 Å². The Bertz CT molecular complexity index is 1270. The number of carbonyl (C=O) groups is 1. The van der Waals surface area contributed by atoms with E-state index < -0.39 is 0 Å². The first-order valence-electron chi connectivity index (χ1n) is 9.95. The van der Waals surface area contributed by atoms with Crippen LogP contribution in [0.5, 0.6) is 5.75 Å². The highest BCUT2D eigenvalue weighted by Gasteiger charge is 2.11. The number of nitrogens with zero attached hydrogens (tertiary/aromatic N) is 3. The number of pyridine rings is 1. The van der Waals surface area contributed by atoms with Crippen LogP contribution in [0.1, 0.15) is 17.0 Å². The largest absolute Gasteiger partial charge is 0.487 e. The summed E-state index contributed by atoms with van der Waals surface area (Å²) >= 11 is 0. The van der Waals surface area contributed by atoms with E-state index in [2.05, 4.69) is 15.4 Å². The van der Waals surface area contributed by atoms with E-state index in [0.717, 1.165) is 16.6 Å². The number of aryl methyl sites for hydroxylation is 1. The zero-order valence-electron chi connectivity index (χ0n) is 17.1. The van der Waals surface area contributed by atoms with Crippen molar-refractivity contribution in [2.75, 3.05) is 0 Å². The SMILES string of the molecule is Cc1nn(CC(=O)NCc2cccc(OCc3ccccn3)c2)c(=O)c2ccccc12. The summed E-state index contributed by atoms with van der Waals surface area (Å²) in [5, 5.41) is 8.47. The standard InChI is InChI=1S/C24H22N4O3/c1-17-21-10-2-3-11-22(21)24(30)28(27-17)15-23(29)26-14-18-7-6-9-20(13-18)31-16-19-8-4-5-12-25-19/h2-13H,14-16H2,1H3,(H,26,29). The van der Waals surface area contributed by atoms with Gasteiger partial charge in [0.25, 0.3) is 5.56 Å². The first-order valence-corrected chi connectivity index (χ1v) is 9.95. The molecule has 156 valence electrons. The maximum Gasteiger partial charge on any atom is 0.275 e. The van der Waals surface area contributed by atoms with Gasteiger partial charge in [-0.3, -0.25) is 14.6 Å². The molecule has 0 atom stereocenters. The molecular weight excluding hydrogens is 392 g/mol. The fourth-order valence-corrected chi connectivity index (χ4v) is 3.29. The van der Waals surface area contributed by atoms with Crippen LogP contribution in [0.4, 0.5) is 0 Å². The van der Waals surface area contributed by atoms with Crippen molar-refractivity contribution in [2.24, 2.45) is 0 Å². The highest BCUT2D eigenvalue weighted by Crippen LogP contribution is 2.15. The molecule has 31 heavy (non-hydrogen) atoms. The van der Waals surface area contributed by atoms with Crippen LogP contribution in [0.2, 0.25) is 0 Å². The fourth-order valence-electron chi connectivity index (χ4n) is 3.29. The number of hydrogen-bond acceptors (Lipinski definition) is 5. The van der Waals surface area contributed by atoms with Crippen LogP contribution in [-0.4, -0.2) is 20.7 Å². The first kappa shape index (κ1) is 20.3. The molecule has 0 saturated carbocycles. The number of benzene rings is 2. The lowest BCUT2D eigenvalue weighted by Gasteiger charge is -2.10. The number of rotatable bonds is 7. The molecule has 0 radical (unpaired) electrons. The minimum Gasteiger partial charge on any atom is -0.487 e. The van der Waals surface area contributed by atoms with Gasteiger partial charge in [-0.1, -0.05) is 36.4 Å². The number of amides is 1. The molecule has 7 nitrogen and oxygen atoms in total. The Morgan fingerprint density at radius 2 is 1.84 bits per heavy atom. The summed E-state index contributed by atoms with van der Waals surface area (Å²) in [6, 6.07) is 20.4. The quantitative estimate of drug-likeness (QED) is 0.502. The van der Waals surface area contributed by atoms with E-state index in [1.54, 1.807) is 18.3 Å². The van der Waals surface area contributed by atoms with Gasteiger partial charge in [-0.2, -0.15) is 5.10 Å². The normalized spacial score (nSPS) is 10.7. The molecule has 0 aliphatic heterocycles. The molecule has 0 spiro atoms. The van der Waals surface area contributed by atoms with Crippen LogP contribution < -0.4 is 15.6 Å². The Morgan fingerprint density at radius 3 is 2.65 bits per heavy atom. The first-order chi connectivity index (χ1) is 15.1. The highest BCUT2D eigenvalue weighted by atomic mass is 16.5. The Kier molecular flexibility index (Phi) is 6.03. The minimum atomic E-state index is -0.288. The van der Waals surface area contributed by atoms with Crippen molar-refractivity contribution in [2.45, 2.75) is 26.6 Å². The Balaban J connectivity index is 1.38. The van der Waals surface area contributed by atoms with Crippen LogP contribution in [0.15, 0.2) is 77.7 Å². The highest BCUT2D eigenvalue weighted by molar-refractivity contribution is 5.83. The second kappa shape index (κ2) is 9.21. The Morgan fingerprint density at radius 1 is 1.03 bits per heavy atom. The molecule has 2 heterocycles. The zero-order chi connectivity index (χ0) is 21.6. The topological polar surface area (TPSA) is 86.1 Å². The predicted octanol–water partition coefficient (Wildman–Crippen LogP) is 3.00. The number of fused-ring (bicyclic) bond motifs is 1. The van der Waals surface area contributed by atoms with Crippen molar-refractivity contribution in [1.29, 1.82) is 0 Å². The lowest BCUT2D eigenvalue weighted by molar-refractivity contribution is -0.122. The molecule has 2 aromatic heterocycles. The van der Waals surface area contributed by atoms with E-state index in [-0.39, 0.29) is 18.0 Å². The third-order valence-electron chi connectivity index (χ3n) is 4.85. The summed E-state index contributed by atoms with van der Waals surface area (Å²) in [5.41, 5.74) is 2.16. The monoisotopic (exact) mass is 414 g/mol. The molecule has 1 N–H and O–H groups in total. The van der Waals surface area contributed by atoms with Crippen molar-refractivity contribution >= 4 is 16.7 Å². The smallest absolute Gasteiger partial charge is 0.275 e. The van der Waals surface area contributed by atoms with Crippen LogP contribution in [-0.2, 0) is 24.5 Å². The number of aromatic nitrogens is 3. The van der Waals surface area contributed by atoms with Gasteiger partial charge in [0.2, 0.25) is 5.91 Å². The summed E-state index contributed by atoms with van der Waals surface area (Å²) in [7, 11) is 0. The van der Waals surface area contributed by atoms with E-state index in [4.69, 9.17) is 4.74 Å². The zero-order valence-corrected chi connectivity index (χ0v) is 17.1. The molecule has 0 unspecified atom stereocenters. The van der Waals surface area contributed by atoms with Crippen molar-refractivity contribution in [3.63, 3.8) is 0 Å². The summed E-state index contributed by atoms with van der Waals surface area (Å²) in [4.78, 5) is 29.3. The number of carbonyl (C=O) groups excluding carboxylic acids is 1. The van der Waals surface area contributed by atoms with Crippen molar-refractivity contribution in [3.8, 4) is 5.75 Å². The molecule has 0 aliphatic carbocycles. The third-order valence-corrected chi connectivity index (χ3v) is 4.85. The van der Waals surface area contributed by atoms with E-state index in [0.29, 0.717) is 30.0 Å².